The van der Waals surface area contributed by atoms with Gasteiger partial charge in [0.25, 0.3) is 5.91 Å². The summed E-state index contributed by atoms with van der Waals surface area (Å²) in [5.74, 6) is -0.247. The van der Waals surface area contributed by atoms with Gasteiger partial charge in [-0.25, -0.2) is 9.07 Å². The molecule has 0 N–H and O–H groups in total. The van der Waals surface area contributed by atoms with E-state index in [1.807, 2.05) is 35.4 Å². The van der Waals surface area contributed by atoms with Crippen LogP contribution in [0, 0.1) is 5.82 Å². The van der Waals surface area contributed by atoms with Gasteiger partial charge in [0, 0.05) is 30.4 Å². The van der Waals surface area contributed by atoms with Gasteiger partial charge in [0.15, 0.2) is 0 Å². The van der Waals surface area contributed by atoms with E-state index >= 15 is 0 Å². The van der Waals surface area contributed by atoms with Crippen LogP contribution in [0.15, 0.2) is 60.9 Å². The number of amides is 1. The van der Waals surface area contributed by atoms with Crippen LogP contribution in [-0.2, 0) is 4.74 Å². The Morgan fingerprint density at radius 1 is 0.962 bits per heavy atom. The minimum atomic E-state index is -0.276. The number of halogens is 1. The van der Waals surface area contributed by atoms with Crippen LogP contribution in [0.4, 0.5) is 4.39 Å². The maximum absolute atomic E-state index is 13.0. The molecule has 1 amide bonds. The Labute approximate surface area is 150 Å². The molecule has 1 aliphatic heterocycles. The van der Waals surface area contributed by atoms with Gasteiger partial charge in [-0.15, -0.1) is 0 Å². The molecule has 6 heteroatoms. The first kappa shape index (κ1) is 16.5. The van der Waals surface area contributed by atoms with Crippen molar-refractivity contribution >= 4 is 5.91 Å². The summed E-state index contributed by atoms with van der Waals surface area (Å²) >= 11 is 0. The lowest BCUT2D eigenvalue weighted by atomic mass is 10.1. The molecule has 0 bridgehead atoms. The van der Waals surface area contributed by atoms with E-state index in [0.717, 1.165) is 16.8 Å². The van der Waals surface area contributed by atoms with Gasteiger partial charge >= 0.3 is 0 Å². The van der Waals surface area contributed by atoms with Gasteiger partial charge in [0.05, 0.1) is 25.1 Å². The molecule has 5 nitrogen and oxygen atoms in total. The lowest BCUT2D eigenvalue weighted by molar-refractivity contribution is 0.0303. The quantitative estimate of drug-likeness (QED) is 0.728. The molecule has 1 aliphatic rings. The van der Waals surface area contributed by atoms with Crippen molar-refractivity contribution in [2.75, 3.05) is 26.3 Å². The molecule has 26 heavy (non-hydrogen) atoms. The van der Waals surface area contributed by atoms with Crippen molar-refractivity contribution in [1.29, 1.82) is 0 Å². The number of aromatic nitrogens is 2. The van der Waals surface area contributed by atoms with Crippen LogP contribution in [0.5, 0.6) is 0 Å². The smallest absolute Gasteiger partial charge is 0.254 e. The standard InChI is InChI=1S/C20H18FN3O2/c21-18-5-7-19(8-6-18)24-14-17(13-22-24)15-1-3-16(4-2-15)20(25)23-9-11-26-12-10-23/h1-8,13-14H,9-12H2. The maximum Gasteiger partial charge on any atom is 0.254 e. The van der Waals surface area contributed by atoms with Gasteiger partial charge in [0.2, 0.25) is 0 Å². The first-order chi connectivity index (χ1) is 12.7. The lowest BCUT2D eigenvalue weighted by Gasteiger charge is -2.26. The van der Waals surface area contributed by atoms with Crippen LogP contribution in [0.1, 0.15) is 10.4 Å². The van der Waals surface area contributed by atoms with Gasteiger partial charge in [0.1, 0.15) is 5.82 Å². The van der Waals surface area contributed by atoms with Crippen molar-refractivity contribution in [2.45, 2.75) is 0 Å². The lowest BCUT2D eigenvalue weighted by Crippen LogP contribution is -2.40. The van der Waals surface area contributed by atoms with E-state index in [9.17, 15) is 9.18 Å². The molecule has 1 aromatic heterocycles. The zero-order valence-electron chi connectivity index (χ0n) is 14.1. The van der Waals surface area contributed by atoms with Crippen molar-refractivity contribution in [1.82, 2.24) is 14.7 Å². The molecule has 0 unspecified atom stereocenters. The predicted octanol–water partition coefficient (Wildman–Crippen LogP) is 3.15. The Bertz CT molecular complexity index is 898. The van der Waals surface area contributed by atoms with Crippen LogP contribution in [0.3, 0.4) is 0 Å². The van der Waals surface area contributed by atoms with E-state index in [1.54, 1.807) is 23.0 Å². The number of carbonyl (C=O) groups excluding carboxylic acids is 1. The van der Waals surface area contributed by atoms with E-state index in [2.05, 4.69) is 5.10 Å². The highest BCUT2D eigenvalue weighted by Gasteiger charge is 2.18. The highest BCUT2D eigenvalue weighted by Crippen LogP contribution is 2.21. The molecule has 132 valence electrons. The summed E-state index contributed by atoms with van der Waals surface area (Å²) in [5, 5.41) is 4.33. The van der Waals surface area contributed by atoms with Crippen molar-refractivity contribution in [3.05, 3.63) is 72.3 Å². The SMILES string of the molecule is O=C(c1ccc(-c2cnn(-c3ccc(F)cc3)c2)cc1)N1CCOCC1. The van der Waals surface area contributed by atoms with E-state index < -0.39 is 0 Å². The fourth-order valence-electron chi connectivity index (χ4n) is 2.96. The van der Waals surface area contributed by atoms with E-state index in [4.69, 9.17) is 4.74 Å². The molecule has 2 aromatic carbocycles. The molecule has 3 aromatic rings. The van der Waals surface area contributed by atoms with Crippen molar-refractivity contribution in [3.63, 3.8) is 0 Å². The Hall–Kier alpha value is -2.99. The Morgan fingerprint density at radius 3 is 2.35 bits per heavy atom. The number of morpholine rings is 1. The van der Waals surface area contributed by atoms with Gasteiger partial charge in [-0.3, -0.25) is 4.79 Å². The summed E-state index contributed by atoms with van der Waals surface area (Å²) in [6.45, 7) is 2.44. The molecule has 0 radical (unpaired) electrons. The molecular formula is C20H18FN3O2. The summed E-state index contributed by atoms with van der Waals surface area (Å²) < 4.78 is 20.0. The average Bonchev–Trinajstić information content (AvgIpc) is 3.19. The van der Waals surface area contributed by atoms with Gasteiger partial charge < -0.3 is 9.64 Å². The molecule has 1 saturated heterocycles. The van der Waals surface area contributed by atoms with Crippen LogP contribution >= 0.6 is 0 Å². The molecule has 0 atom stereocenters. The molecule has 2 heterocycles. The fourth-order valence-corrected chi connectivity index (χ4v) is 2.96. The van der Waals surface area contributed by atoms with Crippen molar-refractivity contribution in [3.8, 4) is 16.8 Å². The predicted molar refractivity (Wildman–Crippen MR) is 95.7 cm³/mol. The first-order valence-corrected chi connectivity index (χ1v) is 8.49. The Morgan fingerprint density at radius 2 is 1.65 bits per heavy atom. The van der Waals surface area contributed by atoms with E-state index in [1.165, 1.54) is 12.1 Å². The minimum Gasteiger partial charge on any atom is -0.378 e. The summed E-state index contributed by atoms with van der Waals surface area (Å²) in [6, 6.07) is 13.7. The molecule has 0 saturated carbocycles. The third-order valence-corrected chi connectivity index (χ3v) is 4.44. The number of nitrogens with zero attached hydrogens (tertiary/aromatic N) is 3. The van der Waals surface area contributed by atoms with Crippen molar-refractivity contribution in [2.24, 2.45) is 0 Å². The molecular weight excluding hydrogens is 333 g/mol. The second-order valence-electron chi connectivity index (χ2n) is 6.13. The second kappa shape index (κ2) is 7.09. The normalized spacial score (nSPS) is 14.4. The number of benzene rings is 2. The van der Waals surface area contributed by atoms with Crippen LogP contribution in [0.25, 0.3) is 16.8 Å². The topological polar surface area (TPSA) is 47.4 Å². The molecule has 4 rings (SSSR count). The highest BCUT2D eigenvalue weighted by atomic mass is 19.1. The summed E-state index contributed by atoms with van der Waals surface area (Å²) in [5.41, 5.74) is 3.36. The van der Waals surface area contributed by atoms with Crippen molar-refractivity contribution < 1.29 is 13.9 Å². The third kappa shape index (κ3) is 3.36. The second-order valence-corrected chi connectivity index (χ2v) is 6.13. The largest absolute Gasteiger partial charge is 0.378 e. The average molecular weight is 351 g/mol. The first-order valence-electron chi connectivity index (χ1n) is 8.49. The highest BCUT2D eigenvalue weighted by molar-refractivity contribution is 5.94. The zero-order chi connectivity index (χ0) is 17.9. The Balaban J connectivity index is 1.52. The van der Waals surface area contributed by atoms with Gasteiger partial charge in [-0.1, -0.05) is 12.1 Å². The maximum atomic E-state index is 13.0. The fraction of sp³-hybridized carbons (Fsp3) is 0.200. The zero-order valence-corrected chi connectivity index (χ0v) is 14.1. The minimum absolute atomic E-state index is 0.0295. The monoisotopic (exact) mass is 351 g/mol. The van der Waals surface area contributed by atoms with E-state index in [-0.39, 0.29) is 11.7 Å². The number of ether oxygens (including phenoxy) is 1. The third-order valence-electron chi connectivity index (χ3n) is 4.44. The van der Waals surface area contributed by atoms with Gasteiger partial charge in [-0.05, 0) is 42.0 Å². The van der Waals surface area contributed by atoms with Gasteiger partial charge in [-0.2, -0.15) is 5.10 Å². The van der Waals surface area contributed by atoms with Crippen LogP contribution in [-0.4, -0.2) is 46.9 Å². The number of hydrogen-bond donors (Lipinski definition) is 0. The molecule has 1 fully saturated rings. The molecule has 0 spiro atoms. The van der Waals surface area contributed by atoms with Crippen LogP contribution < -0.4 is 0 Å². The molecule has 0 aliphatic carbocycles. The summed E-state index contributed by atoms with van der Waals surface area (Å²) in [7, 11) is 0. The summed E-state index contributed by atoms with van der Waals surface area (Å²) in [4.78, 5) is 14.3. The number of hydrogen-bond acceptors (Lipinski definition) is 3. The number of rotatable bonds is 3. The Kier molecular flexibility index (Phi) is 4.50. The van der Waals surface area contributed by atoms with E-state index in [0.29, 0.717) is 31.9 Å². The van der Waals surface area contributed by atoms with Crippen LogP contribution in [0.2, 0.25) is 0 Å². The number of carbonyl (C=O) groups is 1. The summed E-state index contributed by atoms with van der Waals surface area (Å²) in [6.07, 6.45) is 3.63.